The first-order chi connectivity index (χ1) is 16.9. The van der Waals surface area contributed by atoms with Crippen LogP contribution in [0.15, 0.2) is 76.2 Å². The minimum absolute atomic E-state index is 0.127. The van der Waals surface area contributed by atoms with Crippen LogP contribution in [0.25, 0.3) is 0 Å². The number of hydrogen-bond donors (Lipinski definition) is 2. The van der Waals surface area contributed by atoms with E-state index in [1.54, 1.807) is 36.6 Å². The van der Waals surface area contributed by atoms with Crippen molar-refractivity contribution in [2.45, 2.75) is 11.4 Å². The summed E-state index contributed by atoms with van der Waals surface area (Å²) >= 11 is 0. The molecule has 0 saturated carbocycles. The molecule has 184 valence electrons. The van der Waals surface area contributed by atoms with Gasteiger partial charge in [0.25, 0.3) is 5.91 Å². The van der Waals surface area contributed by atoms with Crippen LogP contribution in [0.5, 0.6) is 0 Å². The molecule has 0 radical (unpaired) electrons. The summed E-state index contributed by atoms with van der Waals surface area (Å²) in [5, 5.41) is 5.70. The lowest BCUT2D eigenvalue weighted by Crippen LogP contribution is -2.40. The lowest BCUT2D eigenvalue weighted by Gasteiger charge is -2.26. The van der Waals surface area contributed by atoms with Crippen LogP contribution in [0, 0.1) is 0 Å². The molecule has 11 heteroatoms. The standard InChI is InChI=1S/C24H25N3O7S/c28-23(26-18-7-9-20(10-8-18)35(30,31)27-11-14-32-15-12-27)17-34-24(29)21-5-1-2-6-22(21)25-16-19-4-3-13-33-19/h1-10,13,25H,11-12,14-17H2,(H,26,28). The molecule has 2 N–H and O–H groups in total. The average molecular weight is 500 g/mol. The maximum absolute atomic E-state index is 12.7. The highest BCUT2D eigenvalue weighted by Crippen LogP contribution is 2.20. The molecule has 3 aromatic rings. The maximum Gasteiger partial charge on any atom is 0.340 e. The van der Waals surface area contributed by atoms with Crippen LogP contribution >= 0.6 is 0 Å². The zero-order valence-electron chi connectivity index (χ0n) is 18.8. The molecule has 4 rings (SSSR count). The number of nitrogens with zero attached hydrogens (tertiary/aromatic N) is 1. The van der Waals surface area contributed by atoms with Crippen molar-refractivity contribution in [2.75, 3.05) is 43.5 Å². The first-order valence-electron chi connectivity index (χ1n) is 10.9. The molecule has 35 heavy (non-hydrogen) atoms. The molecular formula is C24H25N3O7S. The van der Waals surface area contributed by atoms with E-state index >= 15 is 0 Å². The van der Waals surface area contributed by atoms with E-state index in [2.05, 4.69) is 10.6 Å². The highest BCUT2D eigenvalue weighted by Gasteiger charge is 2.26. The Morgan fingerprint density at radius 3 is 2.43 bits per heavy atom. The Labute approximate surface area is 202 Å². The van der Waals surface area contributed by atoms with Gasteiger partial charge in [-0.05, 0) is 48.5 Å². The van der Waals surface area contributed by atoms with E-state index in [4.69, 9.17) is 13.9 Å². The predicted molar refractivity (Wildman–Crippen MR) is 127 cm³/mol. The van der Waals surface area contributed by atoms with E-state index in [1.807, 2.05) is 6.07 Å². The number of rotatable bonds is 9. The molecule has 1 aliphatic heterocycles. The zero-order chi connectivity index (χ0) is 24.7. The van der Waals surface area contributed by atoms with E-state index in [1.165, 1.54) is 28.6 Å². The quantitative estimate of drug-likeness (QED) is 0.430. The van der Waals surface area contributed by atoms with Crippen LogP contribution in [0.2, 0.25) is 0 Å². The van der Waals surface area contributed by atoms with Gasteiger partial charge >= 0.3 is 5.97 Å². The molecule has 1 amide bonds. The largest absolute Gasteiger partial charge is 0.467 e. The number of esters is 1. The number of morpholine rings is 1. The highest BCUT2D eigenvalue weighted by molar-refractivity contribution is 7.89. The fraction of sp³-hybridized carbons (Fsp3) is 0.250. The lowest BCUT2D eigenvalue weighted by molar-refractivity contribution is -0.119. The number of amides is 1. The van der Waals surface area contributed by atoms with Gasteiger partial charge in [0.05, 0.1) is 36.5 Å². The van der Waals surface area contributed by atoms with E-state index < -0.39 is 28.5 Å². The molecule has 1 aromatic heterocycles. The molecule has 10 nitrogen and oxygen atoms in total. The predicted octanol–water partition coefficient (Wildman–Crippen LogP) is 2.71. The number of furan rings is 1. The third kappa shape index (κ3) is 6.27. The van der Waals surface area contributed by atoms with Crippen molar-refractivity contribution in [3.8, 4) is 0 Å². The van der Waals surface area contributed by atoms with Crippen molar-refractivity contribution in [3.63, 3.8) is 0 Å². The summed E-state index contributed by atoms with van der Waals surface area (Å²) in [4.78, 5) is 25.0. The van der Waals surface area contributed by atoms with Gasteiger partial charge in [-0.1, -0.05) is 12.1 Å². The second kappa shape index (κ2) is 11.2. The number of carbonyl (C=O) groups excluding carboxylic acids is 2. The number of nitrogens with one attached hydrogen (secondary N) is 2. The van der Waals surface area contributed by atoms with Gasteiger partial charge in [0, 0.05) is 24.5 Å². The summed E-state index contributed by atoms with van der Waals surface area (Å²) < 4.78 is 42.4. The molecule has 0 bridgehead atoms. The van der Waals surface area contributed by atoms with Crippen LogP contribution in [-0.4, -0.2) is 57.5 Å². The van der Waals surface area contributed by atoms with Crippen molar-refractivity contribution < 1.29 is 31.9 Å². The van der Waals surface area contributed by atoms with E-state index in [9.17, 15) is 18.0 Å². The second-order valence-electron chi connectivity index (χ2n) is 7.64. The molecule has 0 spiro atoms. The van der Waals surface area contributed by atoms with E-state index in [0.717, 1.165) is 0 Å². The van der Waals surface area contributed by atoms with E-state index in [0.29, 0.717) is 50.0 Å². The molecule has 0 aliphatic carbocycles. The first-order valence-corrected chi connectivity index (χ1v) is 12.4. The van der Waals surface area contributed by atoms with Crippen molar-refractivity contribution in [1.29, 1.82) is 0 Å². The first kappa shape index (κ1) is 24.5. The average Bonchev–Trinajstić information content (AvgIpc) is 3.41. The van der Waals surface area contributed by atoms with Gasteiger partial charge in [0.15, 0.2) is 6.61 Å². The van der Waals surface area contributed by atoms with Gasteiger partial charge in [0.2, 0.25) is 10.0 Å². The van der Waals surface area contributed by atoms with Crippen LogP contribution in [0.3, 0.4) is 0 Å². The van der Waals surface area contributed by atoms with Crippen LogP contribution < -0.4 is 10.6 Å². The molecule has 2 aromatic carbocycles. The van der Waals surface area contributed by atoms with Gasteiger partial charge in [-0.2, -0.15) is 4.31 Å². The number of para-hydroxylation sites is 1. The number of hydrogen-bond acceptors (Lipinski definition) is 8. The van der Waals surface area contributed by atoms with E-state index in [-0.39, 0.29) is 10.5 Å². The molecular weight excluding hydrogens is 474 g/mol. The molecule has 1 fully saturated rings. The summed E-state index contributed by atoms with van der Waals surface area (Å²) in [6.07, 6.45) is 1.56. The van der Waals surface area contributed by atoms with Gasteiger partial charge in [-0.15, -0.1) is 0 Å². The summed E-state index contributed by atoms with van der Waals surface area (Å²) in [5.41, 5.74) is 1.21. The molecule has 1 saturated heterocycles. The van der Waals surface area contributed by atoms with Crippen molar-refractivity contribution in [3.05, 3.63) is 78.3 Å². The number of carbonyl (C=O) groups is 2. The van der Waals surface area contributed by atoms with Gasteiger partial charge in [-0.3, -0.25) is 4.79 Å². The van der Waals surface area contributed by atoms with Gasteiger partial charge < -0.3 is 24.5 Å². The number of anilines is 2. The third-order valence-electron chi connectivity index (χ3n) is 5.26. The van der Waals surface area contributed by atoms with Crippen LogP contribution in [-0.2, 0) is 30.8 Å². The topological polar surface area (TPSA) is 127 Å². The maximum atomic E-state index is 12.7. The number of sulfonamides is 1. The molecule has 0 atom stereocenters. The van der Waals surface area contributed by atoms with Gasteiger partial charge in [0.1, 0.15) is 5.76 Å². The van der Waals surface area contributed by atoms with Crippen LogP contribution in [0.1, 0.15) is 16.1 Å². The second-order valence-corrected chi connectivity index (χ2v) is 9.58. The smallest absolute Gasteiger partial charge is 0.340 e. The van der Waals surface area contributed by atoms with Crippen molar-refractivity contribution in [2.24, 2.45) is 0 Å². The Kier molecular flexibility index (Phi) is 7.80. The number of benzene rings is 2. The minimum atomic E-state index is -3.62. The fourth-order valence-electron chi connectivity index (χ4n) is 3.46. The Balaban J connectivity index is 1.30. The van der Waals surface area contributed by atoms with Crippen LogP contribution in [0.4, 0.5) is 11.4 Å². The van der Waals surface area contributed by atoms with Crippen molar-refractivity contribution >= 4 is 33.3 Å². The SMILES string of the molecule is O=C(COC(=O)c1ccccc1NCc1ccco1)Nc1ccc(S(=O)(=O)N2CCOCC2)cc1. The Morgan fingerprint density at radius 2 is 1.71 bits per heavy atom. The number of ether oxygens (including phenoxy) is 2. The summed E-state index contributed by atoms with van der Waals surface area (Å²) in [5.74, 6) is -0.505. The monoisotopic (exact) mass is 499 g/mol. The zero-order valence-corrected chi connectivity index (χ0v) is 19.6. The molecule has 2 heterocycles. The Hall–Kier alpha value is -3.67. The lowest BCUT2D eigenvalue weighted by atomic mass is 10.2. The third-order valence-corrected chi connectivity index (χ3v) is 7.17. The summed E-state index contributed by atoms with van der Waals surface area (Å²) in [6, 6.07) is 16.2. The Bertz CT molecular complexity index is 1250. The summed E-state index contributed by atoms with van der Waals surface area (Å²) in [6.45, 7) is 1.20. The fourth-order valence-corrected chi connectivity index (χ4v) is 4.87. The molecule has 0 unspecified atom stereocenters. The minimum Gasteiger partial charge on any atom is -0.467 e. The summed E-state index contributed by atoms with van der Waals surface area (Å²) in [7, 11) is -3.62. The Morgan fingerprint density at radius 1 is 0.971 bits per heavy atom. The normalized spacial score (nSPS) is 14.3. The van der Waals surface area contributed by atoms with Crippen molar-refractivity contribution in [1.82, 2.24) is 4.31 Å². The van der Waals surface area contributed by atoms with Gasteiger partial charge in [-0.25, -0.2) is 13.2 Å². The molecule has 1 aliphatic rings. The highest BCUT2D eigenvalue weighted by atomic mass is 32.2.